The van der Waals surface area contributed by atoms with Gasteiger partial charge in [-0.2, -0.15) is 0 Å². The van der Waals surface area contributed by atoms with E-state index in [1.807, 2.05) is 0 Å². The summed E-state index contributed by atoms with van der Waals surface area (Å²) in [4.78, 5) is 16.1. The summed E-state index contributed by atoms with van der Waals surface area (Å²) in [5.41, 5.74) is 30.7. The number of hydrogen-bond donors (Lipinski definition) is 0. The van der Waals surface area contributed by atoms with E-state index < -0.39 is 0 Å². The van der Waals surface area contributed by atoms with Gasteiger partial charge in [0, 0.05) is 39.1 Å². The van der Waals surface area contributed by atoms with E-state index in [-0.39, 0.29) is 5.92 Å². The molecule has 1 atom stereocenters. The van der Waals surface area contributed by atoms with Gasteiger partial charge in [-0.25, -0.2) is 15.0 Å². The highest BCUT2D eigenvalue weighted by atomic mass is 15.0. The average Bonchev–Trinajstić information content (AvgIpc) is 1.59. The zero-order valence-corrected chi connectivity index (χ0v) is 56.6. The van der Waals surface area contributed by atoms with Crippen LogP contribution in [0.15, 0.2) is 394 Å². The topological polar surface area (TPSA) is 43.6 Å². The maximum absolute atomic E-state index is 5.37. The van der Waals surface area contributed by atoms with Crippen LogP contribution in [0.25, 0.3) is 167 Å². The third-order valence-corrected chi connectivity index (χ3v) is 20.2. The molecule has 0 N–H and O–H groups in total. The van der Waals surface area contributed by atoms with Crippen molar-refractivity contribution in [2.45, 2.75) is 12.3 Å². The van der Waals surface area contributed by atoms with Gasteiger partial charge in [0.25, 0.3) is 0 Å². The first-order chi connectivity index (χ1) is 51.0. The summed E-state index contributed by atoms with van der Waals surface area (Å²) in [6, 6.07) is 136. The zero-order chi connectivity index (χ0) is 68.4. The minimum absolute atomic E-state index is 0.252. The SMILES string of the molecule is C1=CC(c2cccc(-c3cccc(-c4cccc(-c5ccccc5)c4)c3)c2)CC=C1c1ccc(-c2nc(-c3cccc(-c4cccc(-c5cccc(-c6cccc(-c7ccccc7)c6)c5)c4)c3)nc(-c3cccc(-c4cccc(-c5cccc(-n6c7ccccc7c7ccccc76)c5)c4)c3)n2)cc1. The molecule has 2 heterocycles. The molecule has 0 fully saturated rings. The van der Waals surface area contributed by atoms with E-state index in [2.05, 4.69) is 399 Å². The Labute approximate surface area is 600 Å². The van der Waals surface area contributed by atoms with Crippen molar-refractivity contribution < 1.29 is 0 Å². The molecule has 17 aromatic rings. The minimum Gasteiger partial charge on any atom is -0.309 e. The van der Waals surface area contributed by atoms with Gasteiger partial charge in [-0.05, 0) is 196 Å². The van der Waals surface area contributed by atoms with Crippen LogP contribution in [0.1, 0.15) is 23.5 Å². The van der Waals surface area contributed by atoms with E-state index in [9.17, 15) is 0 Å². The van der Waals surface area contributed by atoms with Crippen LogP contribution in [0.3, 0.4) is 0 Å². The van der Waals surface area contributed by atoms with Crippen molar-refractivity contribution in [1.29, 1.82) is 0 Å². The van der Waals surface area contributed by atoms with Gasteiger partial charge in [-0.15, -0.1) is 0 Å². The van der Waals surface area contributed by atoms with Crippen molar-refractivity contribution in [1.82, 2.24) is 19.5 Å². The average molecular weight is 1310 g/mol. The highest BCUT2D eigenvalue weighted by Crippen LogP contribution is 2.40. The molecule has 484 valence electrons. The molecule has 2 aromatic heterocycles. The lowest BCUT2D eigenvalue weighted by atomic mass is 9.86. The second-order valence-electron chi connectivity index (χ2n) is 26.7. The Morgan fingerprint density at radius 3 is 0.903 bits per heavy atom. The summed E-state index contributed by atoms with van der Waals surface area (Å²) in [7, 11) is 0. The van der Waals surface area contributed by atoms with E-state index in [4.69, 9.17) is 15.0 Å². The Kier molecular flexibility index (Phi) is 16.4. The lowest BCUT2D eigenvalue weighted by Gasteiger charge is -2.18. The van der Waals surface area contributed by atoms with Crippen LogP contribution in [0.5, 0.6) is 0 Å². The van der Waals surface area contributed by atoms with Crippen LogP contribution in [0, 0.1) is 0 Å². The quantitative estimate of drug-likeness (QED) is 0.103. The fourth-order valence-electron chi connectivity index (χ4n) is 14.8. The first-order valence-corrected chi connectivity index (χ1v) is 35.4. The van der Waals surface area contributed by atoms with E-state index in [0.717, 1.165) is 78.9 Å². The maximum atomic E-state index is 5.37. The van der Waals surface area contributed by atoms with Gasteiger partial charge < -0.3 is 4.57 Å². The molecule has 15 aromatic carbocycles. The molecular formula is C99H68N4. The van der Waals surface area contributed by atoms with Crippen LogP contribution in [-0.4, -0.2) is 19.5 Å². The van der Waals surface area contributed by atoms with E-state index >= 15 is 0 Å². The van der Waals surface area contributed by atoms with Crippen LogP contribution in [0.2, 0.25) is 0 Å². The first-order valence-electron chi connectivity index (χ1n) is 35.4. The minimum atomic E-state index is 0.252. The number of para-hydroxylation sites is 2. The predicted molar refractivity (Wildman–Crippen MR) is 430 cm³/mol. The smallest absolute Gasteiger partial charge is 0.164 e. The van der Waals surface area contributed by atoms with Gasteiger partial charge in [0.15, 0.2) is 17.5 Å². The molecule has 1 aliphatic rings. The highest BCUT2D eigenvalue weighted by molar-refractivity contribution is 6.09. The molecule has 4 nitrogen and oxygen atoms in total. The van der Waals surface area contributed by atoms with Crippen molar-refractivity contribution >= 4 is 27.4 Å². The Hall–Kier alpha value is -13.4. The third kappa shape index (κ3) is 12.7. The molecule has 0 saturated heterocycles. The molecule has 4 heteroatoms. The molecule has 1 aliphatic carbocycles. The summed E-state index contributed by atoms with van der Waals surface area (Å²) in [5.74, 6) is 2.04. The normalized spacial score (nSPS) is 12.7. The fraction of sp³-hybridized carbons (Fsp3) is 0.0202. The number of rotatable bonds is 15. The van der Waals surface area contributed by atoms with Crippen molar-refractivity contribution in [3.05, 3.63) is 405 Å². The van der Waals surface area contributed by atoms with Gasteiger partial charge in [0.05, 0.1) is 11.0 Å². The lowest BCUT2D eigenvalue weighted by Crippen LogP contribution is -2.01. The lowest BCUT2D eigenvalue weighted by molar-refractivity contribution is 0.857. The van der Waals surface area contributed by atoms with Gasteiger partial charge in [0.1, 0.15) is 0 Å². The molecule has 1 unspecified atom stereocenters. The van der Waals surface area contributed by atoms with Gasteiger partial charge in [-0.1, -0.05) is 322 Å². The summed E-state index contributed by atoms with van der Waals surface area (Å²) in [5, 5.41) is 2.49. The number of benzene rings is 15. The molecule has 0 aliphatic heterocycles. The second-order valence-corrected chi connectivity index (χ2v) is 26.7. The number of allylic oxidation sites excluding steroid dienone is 4. The van der Waals surface area contributed by atoms with Gasteiger partial charge in [0.2, 0.25) is 0 Å². The third-order valence-electron chi connectivity index (χ3n) is 20.2. The maximum Gasteiger partial charge on any atom is 0.164 e. The summed E-state index contributed by atoms with van der Waals surface area (Å²) >= 11 is 0. The molecule has 0 radical (unpaired) electrons. The first kappa shape index (κ1) is 61.9. The van der Waals surface area contributed by atoms with Crippen molar-refractivity contribution in [2.24, 2.45) is 0 Å². The van der Waals surface area contributed by atoms with E-state index in [1.54, 1.807) is 0 Å². The second kappa shape index (κ2) is 27.4. The molecule has 0 amide bonds. The molecule has 103 heavy (non-hydrogen) atoms. The number of aromatic nitrogens is 4. The molecule has 0 saturated carbocycles. The number of fused-ring (bicyclic) bond motifs is 3. The Balaban J connectivity index is 0.648. The Bertz CT molecular complexity index is 6040. The van der Waals surface area contributed by atoms with Gasteiger partial charge in [-0.3, -0.25) is 0 Å². The standard InChI is InChI=1S/C99H68N4/c1-3-21-67(22-4-1)73-25-11-28-76(57-73)79-31-14-33-81(60-79)78-30-13-27-75(59-78)71-51-49-69(50-52-71)70-53-55-72(56-54-70)97-100-98(90-42-18-39-87(64-90)84-36-16-35-83(62-84)82-34-15-32-80(61-82)77-29-12-26-74(58-77)68-23-5-2-6-24-68)102-99(101-97)91-43-19-40-88(65-91)85-37-17-38-86(63-85)89-41-20-44-92(66-89)103-95-47-9-7-45-93(95)94-46-8-10-48-96(94)103/h1-51,53-66,71H,52H2. The summed E-state index contributed by atoms with van der Waals surface area (Å²) in [6.45, 7) is 0. The fourth-order valence-corrected chi connectivity index (χ4v) is 14.8. The Morgan fingerprint density at radius 2 is 0.515 bits per heavy atom. The summed E-state index contributed by atoms with van der Waals surface area (Å²) in [6.07, 6.45) is 7.92. The molecular weight excluding hydrogens is 1250 g/mol. The van der Waals surface area contributed by atoms with Crippen molar-refractivity contribution in [3.63, 3.8) is 0 Å². The zero-order valence-electron chi connectivity index (χ0n) is 56.6. The van der Waals surface area contributed by atoms with E-state index in [1.165, 1.54) is 88.6 Å². The van der Waals surface area contributed by atoms with Crippen LogP contribution in [0.4, 0.5) is 0 Å². The number of hydrogen-bond acceptors (Lipinski definition) is 3. The molecule has 18 rings (SSSR count). The van der Waals surface area contributed by atoms with Crippen LogP contribution >= 0.6 is 0 Å². The van der Waals surface area contributed by atoms with Crippen molar-refractivity contribution in [2.75, 3.05) is 0 Å². The Morgan fingerprint density at radius 1 is 0.223 bits per heavy atom. The molecule has 0 spiro atoms. The molecule has 0 bridgehead atoms. The highest BCUT2D eigenvalue weighted by Gasteiger charge is 2.19. The predicted octanol–water partition coefficient (Wildman–Crippen LogP) is 26.1. The van der Waals surface area contributed by atoms with Gasteiger partial charge >= 0.3 is 0 Å². The van der Waals surface area contributed by atoms with Crippen LogP contribution < -0.4 is 0 Å². The van der Waals surface area contributed by atoms with E-state index in [0.29, 0.717) is 17.5 Å². The summed E-state index contributed by atoms with van der Waals surface area (Å²) < 4.78 is 2.38. The van der Waals surface area contributed by atoms with Crippen LogP contribution in [-0.2, 0) is 0 Å². The van der Waals surface area contributed by atoms with Crippen molar-refractivity contribution in [3.8, 4) is 140 Å². The number of nitrogens with zero attached hydrogens (tertiary/aromatic N) is 4. The monoisotopic (exact) mass is 1310 g/mol. The largest absolute Gasteiger partial charge is 0.309 e.